The molecule has 0 bridgehead atoms. The molecule has 3 rings (SSSR count). The third kappa shape index (κ3) is 7.94. The van der Waals surface area contributed by atoms with Crippen LogP contribution >= 0.6 is 9.69 Å². The molecule has 3 aromatic rings. The van der Waals surface area contributed by atoms with E-state index in [4.69, 9.17) is 5.73 Å². The summed E-state index contributed by atoms with van der Waals surface area (Å²) in [4.78, 5) is 0. The first-order valence-electron chi connectivity index (χ1n) is 8.89. The van der Waals surface area contributed by atoms with Crippen LogP contribution < -0.4 is 0 Å². The van der Waals surface area contributed by atoms with E-state index in [-0.39, 0.29) is 13.2 Å². The summed E-state index contributed by atoms with van der Waals surface area (Å²) >= 11 is 1.82. The van der Waals surface area contributed by atoms with Crippen LogP contribution in [0.1, 0.15) is 34.3 Å². The summed E-state index contributed by atoms with van der Waals surface area (Å²) in [5.41, 5.74) is 11.9. The number of rotatable bonds is 7. The van der Waals surface area contributed by atoms with Gasteiger partial charge in [-0.15, -0.1) is 12.1 Å². The Kier molecular flexibility index (Phi) is 11.5. The predicted octanol–water partition coefficient (Wildman–Crippen LogP) is 6.87. The van der Waals surface area contributed by atoms with E-state index in [2.05, 4.69) is 14.4 Å². The average molecular weight is 530 g/mol. The average Bonchev–Trinajstić information content (AvgIpc) is 2.76. The summed E-state index contributed by atoms with van der Waals surface area (Å²) in [6.07, 6.45) is 0. The Morgan fingerprint density at radius 3 is 1.83 bits per heavy atom. The van der Waals surface area contributed by atoms with Crippen LogP contribution in [-0.4, -0.2) is 8.42 Å². The molecule has 0 aromatic heterocycles. The fourth-order valence-corrected chi connectivity index (χ4v) is 4.19. The van der Waals surface area contributed by atoms with Gasteiger partial charge >= 0.3 is 27.0 Å². The van der Waals surface area contributed by atoms with Gasteiger partial charge in [-0.05, 0) is 12.5 Å². The number of benzene rings is 3. The Balaban J connectivity index is 0.00000146. The second kappa shape index (κ2) is 13.0. The van der Waals surface area contributed by atoms with Gasteiger partial charge in [0.05, 0.1) is 15.8 Å². The molecule has 160 valence electrons. The van der Waals surface area contributed by atoms with E-state index in [1.165, 1.54) is 0 Å². The second-order valence-corrected chi connectivity index (χ2v) is 8.22. The Morgan fingerprint density at radius 1 is 0.867 bits per heavy atom. The number of hydrogen-bond acceptors (Lipinski definition) is 2. The van der Waals surface area contributed by atoms with Crippen molar-refractivity contribution in [2.45, 2.75) is 24.8 Å². The molecule has 4 nitrogen and oxygen atoms in total. The van der Waals surface area contributed by atoms with Crippen molar-refractivity contribution in [2.75, 3.05) is 0 Å². The summed E-state index contributed by atoms with van der Waals surface area (Å²) in [7, 11) is 0.826. The molecule has 1 N–H and O–H groups in total. The number of halogens is 1. The molecule has 2 unspecified atom stereocenters. The summed E-state index contributed by atoms with van der Waals surface area (Å²) in [6.45, 7) is 1.96. The van der Waals surface area contributed by atoms with Gasteiger partial charge < -0.3 is 17.9 Å². The second-order valence-electron chi connectivity index (χ2n) is 6.56. The normalized spacial score (nSPS) is 12.6. The van der Waals surface area contributed by atoms with Crippen molar-refractivity contribution in [3.05, 3.63) is 125 Å². The van der Waals surface area contributed by atoms with Crippen LogP contribution in [0.4, 0.5) is 0 Å². The van der Waals surface area contributed by atoms with Crippen molar-refractivity contribution in [2.24, 2.45) is 0 Å². The third-order valence-electron chi connectivity index (χ3n) is 4.36. The number of sulfonamides is 1. The zero-order chi connectivity index (χ0) is 21.3. The van der Waals surface area contributed by atoms with Crippen LogP contribution in [0.2, 0.25) is 0 Å². The maximum atomic E-state index is 12.8. The summed E-state index contributed by atoms with van der Waals surface area (Å²) in [6, 6.07) is 24.2. The van der Waals surface area contributed by atoms with Gasteiger partial charge in [-0.2, -0.15) is 0 Å². The van der Waals surface area contributed by atoms with Crippen LogP contribution in [0, 0.1) is 14.4 Å². The molecule has 3 aromatic carbocycles. The monoisotopic (exact) mass is 530 g/mol. The van der Waals surface area contributed by atoms with Crippen molar-refractivity contribution < 1.29 is 25.7 Å². The molecule has 0 amide bonds. The molecule has 2 atom stereocenters. The van der Waals surface area contributed by atoms with E-state index in [1.807, 2.05) is 97.0 Å². The fraction of sp³-hybridized carbons (Fsp3) is 0.174. The summed E-state index contributed by atoms with van der Waals surface area (Å²) in [5.74, 6) is -0.169. The molecule has 0 aliphatic carbocycles. The Hall–Kier alpha value is -1.56. The molecule has 0 saturated heterocycles. The van der Waals surface area contributed by atoms with Gasteiger partial charge in [-0.1, -0.05) is 102 Å². The molecule has 0 aliphatic heterocycles. The minimum absolute atomic E-state index is 0. The molecular weight excluding hydrogens is 505 g/mol. The minimum atomic E-state index is -3.74. The van der Waals surface area contributed by atoms with Crippen LogP contribution in [0.5, 0.6) is 0 Å². The van der Waals surface area contributed by atoms with Gasteiger partial charge in [0.2, 0.25) is 0 Å². The number of aryl methyl sites for hydroxylation is 1. The predicted molar refractivity (Wildman–Crippen MR) is 122 cm³/mol. The van der Waals surface area contributed by atoms with E-state index < -0.39 is 22.1 Å². The van der Waals surface area contributed by atoms with E-state index in [0.29, 0.717) is 11.1 Å². The molecule has 0 fully saturated rings. The molecule has 0 heterocycles. The first kappa shape index (κ1) is 26.5. The molecule has 0 spiro atoms. The number of nitrogens with zero attached hydrogens (tertiary/aromatic N) is 1. The number of nitrogens with one attached hydrogen (secondary N) is 1. The maximum absolute atomic E-state index is 12.8. The van der Waals surface area contributed by atoms with Crippen LogP contribution in [0.25, 0.3) is 10.5 Å². The molecule has 0 aliphatic rings. The quantitative estimate of drug-likeness (QED) is 0.247. The molecule has 30 heavy (non-hydrogen) atoms. The van der Waals surface area contributed by atoms with Gasteiger partial charge in [-0.3, -0.25) is 0 Å². The zero-order valence-electron chi connectivity index (χ0n) is 16.8. The van der Waals surface area contributed by atoms with Gasteiger partial charge in [0.1, 0.15) is 0 Å². The molecule has 7 heteroatoms. The zero-order valence-corrected chi connectivity index (χ0v) is 20.2. The molecule has 0 saturated carbocycles. The summed E-state index contributed by atoms with van der Waals surface area (Å²) in [5, 5.41) is 0. The SMILES string of the molecule is Cc1ccc(CS(=O)(=O)[N-]C(c2ccccc2)C([NH-])c2ccccc2)cc1.[CH3-].[Cl][Ru+3]. The van der Waals surface area contributed by atoms with Crippen molar-refractivity contribution in [1.29, 1.82) is 0 Å². The van der Waals surface area contributed by atoms with Crippen LogP contribution in [0.3, 0.4) is 0 Å². The van der Waals surface area contributed by atoms with Crippen molar-refractivity contribution in [3.8, 4) is 0 Å². The van der Waals surface area contributed by atoms with E-state index in [9.17, 15) is 8.42 Å². The topological polar surface area (TPSA) is 72.0 Å². The van der Waals surface area contributed by atoms with Crippen molar-refractivity contribution in [1.82, 2.24) is 0 Å². The van der Waals surface area contributed by atoms with E-state index in [1.54, 1.807) is 12.1 Å². The molecule has 0 radical (unpaired) electrons. The van der Waals surface area contributed by atoms with Gasteiger partial charge in [0.15, 0.2) is 0 Å². The Labute approximate surface area is 194 Å². The van der Waals surface area contributed by atoms with Crippen LogP contribution in [0.15, 0.2) is 84.9 Å². The van der Waals surface area contributed by atoms with E-state index >= 15 is 0 Å². The van der Waals surface area contributed by atoms with Crippen molar-refractivity contribution in [3.63, 3.8) is 0 Å². The third-order valence-corrected chi connectivity index (χ3v) is 5.61. The Bertz CT molecular complexity index is 969. The van der Waals surface area contributed by atoms with Gasteiger partial charge in [-0.25, -0.2) is 8.42 Å². The Morgan fingerprint density at radius 2 is 1.33 bits per heavy atom. The number of hydrogen-bond donors (Lipinski definition) is 0. The summed E-state index contributed by atoms with van der Waals surface area (Å²) < 4.78 is 29.7. The fourth-order valence-electron chi connectivity index (χ4n) is 2.91. The first-order chi connectivity index (χ1) is 13.9. The first-order valence-corrected chi connectivity index (χ1v) is 12.7. The van der Waals surface area contributed by atoms with Gasteiger partial charge in [0, 0.05) is 0 Å². The van der Waals surface area contributed by atoms with Crippen molar-refractivity contribution >= 4 is 19.7 Å². The molecular formula is C23H25ClN2O2RuS. The standard InChI is InChI=1S/C22H22N2O2S.CH3.ClH.Ru/c1-17-12-14-18(15-13-17)16-27(25,26)24-22(20-10-6-3-7-11-20)21(23)19-8-4-2-5-9-19;;;/h2-15,21-23H,16H2,1H3;1H3;1H;/q-2;-1;;+4/p-1. The van der Waals surface area contributed by atoms with E-state index in [0.717, 1.165) is 11.1 Å². The van der Waals surface area contributed by atoms with Gasteiger partial charge in [0.25, 0.3) is 0 Å². The van der Waals surface area contributed by atoms with Crippen LogP contribution in [-0.2, 0) is 33.1 Å².